The van der Waals surface area contributed by atoms with Gasteiger partial charge in [0.15, 0.2) is 0 Å². The fourth-order valence-corrected chi connectivity index (χ4v) is 3.00. The van der Waals surface area contributed by atoms with Crippen LogP contribution in [0.15, 0.2) is 51.4 Å². The van der Waals surface area contributed by atoms with Crippen LogP contribution in [0, 0.1) is 10.1 Å². The number of amides is 1. The Balaban J connectivity index is 1.56. The number of nitrogens with zero attached hydrogens (tertiary/aromatic N) is 3. The molecule has 0 saturated heterocycles. The van der Waals surface area contributed by atoms with Crippen LogP contribution in [-0.4, -0.2) is 26.8 Å². The molecule has 0 atom stereocenters. The summed E-state index contributed by atoms with van der Waals surface area (Å²) in [6.45, 7) is 0. The highest BCUT2D eigenvalue weighted by Crippen LogP contribution is 2.26. The number of rotatable bonds is 6. The molecular formula is C14H10N4O4S2. The molecule has 0 bridgehead atoms. The number of hydrogen-bond donors (Lipinski definition) is 1. The maximum atomic E-state index is 11.9. The number of carbonyl (C=O) groups excluding carboxylic acids is 1. The van der Waals surface area contributed by atoms with Gasteiger partial charge in [-0.25, -0.2) is 0 Å². The van der Waals surface area contributed by atoms with E-state index in [1.165, 1.54) is 29.5 Å². The molecule has 122 valence electrons. The largest absolute Gasteiger partial charge is 0.410 e. The zero-order valence-electron chi connectivity index (χ0n) is 12.0. The van der Waals surface area contributed by atoms with Gasteiger partial charge in [0.25, 0.3) is 16.8 Å². The molecule has 0 radical (unpaired) electrons. The lowest BCUT2D eigenvalue weighted by molar-refractivity contribution is -0.384. The topological polar surface area (TPSA) is 111 Å². The van der Waals surface area contributed by atoms with Crippen molar-refractivity contribution in [3.63, 3.8) is 0 Å². The first kappa shape index (κ1) is 16.1. The molecule has 0 saturated carbocycles. The van der Waals surface area contributed by atoms with Gasteiger partial charge in [0.2, 0.25) is 5.91 Å². The van der Waals surface area contributed by atoms with Gasteiger partial charge in [0.05, 0.1) is 15.6 Å². The van der Waals surface area contributed by atoms with Crippen molar-refractivity contribution in [2.75, 3.05) is 11.1 Å². The molecule has 2 heterocycles. The van der Waals surface area contributed by atoms with Crippen LogP contribution in [0.25, 0.3) is 10.8 Å². The maximum absolute atomic E-state index is 11.9. The summed E-state index contributed by atoms with van der Waals surface area (Å²) in [5.74, 6) is 0.136. The molecule has 3 aromatic rings. The quantitative estimate of drug-likeness (QED) is 0.406. The number of nitrogens with one attached hydrogen (secondary N) is 1. The number of nitro groups is 1. The number of anilines is 1. The van der Waals surface area contributed by atoms with Crippen LogP contribution < -0.4 is 5.32 Å². The van der Waals surface area contributed by atoms with Gasteiger partial charge in [-0.05, 0) is 17.5 Å². The summed E-state index contributed by atoms with van der Waals surface area (Å²) < 4.78 is 5.46. The monoisotopic (exact) mass is 362 g/mol. The van der Waals surface area contributed by atoms with Gasteiger partial charge in [-0.1, -0.05) is 23.9 Å². The molecule has 3 rings (SSSR count). The van der Waals surface area contributed by atoms with E-state index in [1.807, 2.05) is 17.5 Å². The van der Waals surface area contributed by atoms with E-state index in [9.17, 15) is 14.9 Å². The van der Waals surface area contributed by atoms with E-state index in [-0.39, 0.29) is 22.6 Å². The van der Waals surface area contributed by atoms with Gasteiger partial charge in [-0.3, -0.25) is 14.9 Å². The first-order valence-electron chi connectivity index (χ1n) is 6.66. The third kappa shape index (κ3) is 3.97. The minimum atomic E-state index is -0.519. The zero-order valence-corrected chi connectivity index (χ0v) is 13.7. The third-order valence-electron chi connectivity index (χ3n) is 2.81. The average Bonchev–Trinajstić information content (AvgIpc) is 3.24. The first-order valence-corrected chi connectivity index (χ1v) is 8.53. The van der Waals surface area contributed by atoms with Gasteiger partial charge in [0, 0.05) is 17.8 Å². The second kappa shape index (κ2) is 7.23. The normalized spacial score (nSPS) is 10.5. The summed E-state index contributed by atoms with van der Waals surface area (Å²) in [5.41, 5.74) is 0.276. The number of aromatic nitrogens is 2. The van der Waals surface area contributed by atoms with Crippen LogP contribution in [0.3, 0.4) is 0 Å². The van der Waals surface area contributed by atoms with Gasteiger partial charge in [-0.2, -0.15) is 0 Å². The number of thioether (sulfide) groups is 1. The second-order valence-electron chi connectivity index (χ2n) is 4.49. The lowest BCUT2D eigenvalue weighted by Gasteiger charge is -2.03. The van der Waals surface area contributed by atoms with E-state index in [0.29, 0.717) is 11.6 Å². The van der Waals surface area contributed by atoms with Crippen molar-refractivity contribution in [3.8, 4) is 10.8 Å². The standard InChI is InChI=1S/C14H10N4O4S2/c19-12(15-9-3-1-4-10(7-9)18(20)21)8-24-14-17-16-13(22-14)11-5-2-6-23-11/h1-7H,8H2,(H,15,19). The van der Waals surface area contributed by atoms with E-state index in [4.69, 9.17) is 4.42 Å². The Bertz CT molecular complexity index is 863. The molecule has 0 aliphatic carbocycles. The first-order chi connectivity index (χ1) is 11.6. The molecular weight excluding hydrogens is 352 g/mol. The molecule has 0 aliphatic rings. The van der Waals surface area contributed by atoms with Crippen molar-refractivity contribution < 1.29 is 14.1 Å². The van der Waals surface area contributed by atoms with E-state index in [0.717, 1.165) is 16.6 Å². The Hall–Kier alpha value is -2.72. The van der Waals surface area contributed by atoms with Crippen molar-refractivity contribution in [1.82, 2.24) is 10.2 Å². The van der Waals surface area contributed by atoms with Crippen LogP contribution in [0.4, 0.5) is 11.4 Å². The number of carbonyl (C=O) groups is 1. The van der Waals surface area contributed by atoms with E-state index in [2.05, 4.69) is 15.5 Å². The summed E-state index contributed by atoms with van der Waals surface area (Å²) in [7, 11) is 0. The van der Waals surface area contributed by atoms with Crippen molar-refractivity contribution >= 4 is 40.4 Å². The van der Waals surface area contributed by atoms with Crippen molar-refractivity contribution in [2.45, 2.75) is 5.22 Å². The van der Waals surface area contributed by atoms with Crippen LogP contribution in [-0.2, 0) is 4.79 Å². The summed E-state index contributed by atoms with van der Waals surface area (Å²) in [4.78, 5) is 23.0. The van der Waals surface area contributed by atoms with Gasteiger partial charge < -0.3 is 9.73 Å². The number of hydrogen-bond acceptors (Lipinski definition) is 8. The molecule has 8 nitrogen and oxygen atoms in total. The summed E-state index contributed by atoms with van der Waals surface area (Å²) in [6.07, 6.45) is 0. The third-order valence-corrected chi connectivity index (χ3v) is 4.48. The average molecular weight is 362 g/mol. The van der Waals surface area contributed by atoms with E-state index < -0.39 is 4.92 Å². The molecule has 1 aromatic carbocycles. The smallest absolute Gasteiger partial charge is 0.277 e. The predicted octanol–water partition coefficient (Wildman–Crippen LogP) is 3.44. The molecule has 0 spiro atoms. The summed E-state index contributed by atoms with van der Waals surface area (Å²) >= 11 is 2.57. The molecule has 10 heteroatoms. The zero-order chi connectivity index (χ0) is 16.9. The SMILES string of the molecule is O=C(CSc1nnc(-c2cccs2)o1)Nc1cccc([N+](=O)[O-])c1. The maximum Gasteiger partial charge on any atom is 0.277 e. The highest BCUT2D eigenvalue weighted by molar-refractivity contribution is 7.99. The fourth-order valence-electron chi connectivity index (χ4n) is 1.79. The van der Waals surface area contributed by atoms with Crippen molar-refractivity contribution in [1.29, 1.82) is 0 Å². The molecule has 0 unspecified atom stereocenters. The Labute approximate surface area is 144 Å². The molecule has 0 aliphatic heterocycles. The molecule has 24 heavy (non-hydrogen) atoms. The van der Waals surface area contributed by atoms with Crippen molar-refractivity contribution in [2.24, 2.45) is 0 Å². The van der Waals surface area contributed by atoms with E-state index in [1.54, 1.807) is 6.07 Å². The van der Waals surface area contributed by atoms with Gasteiger partial charge in [-0.15, -0.1) is 21.5 Å². The van der Waals surface area contributed by atoms with E-state index >= 15 is 0 Å². The lowest BCUT2D eigenvalue weighted by atomic mass is 10.3. The Morgan fingerprint density at radius 1 is 1.33 bits per heavy atom. The molecule has 1 amide bonds. The van der Waals surface area contributed by atoms with Gasteiger partial charge in [0.1, 0.15) is 0 Å². The Kier molecular flexibility index (Phi) is 4.87. The second-order valence-corrected chi connectivity index (χ2v) is 6.37. The number of thiophene rings is 1. The summed E-state index contributed by atoms with van der Waals surface area (Å²) in [6, 6.07) is 9.48. The number of benzene rings is 1. The number of non-ortho nitro benzene ring substituents is 1. The molecule has 1 N–H and O–H groups in total. The van der Waals surface area contributed by atoms with Crippen LogP contribution in [0.1, 0.15) is 0 Å². The molecule has 2 aromatic heterocycles. The lowest BCUT2D eigenvalue weighted by Crippen LogP contribution is -2.14. The summed E-state index contributed by atoms with van der Waals surface area (Å²) in [5, 5.41) is 23.3. The van der Waals surface area contributed by atoms with Gasteiger partial charge >= 0.3 is 0 Å². The van der Waals surface area contributed by atoms with Crippen LogP contribution in [0.5, 0.6) is 0 Å². The minimum Gasteiger partial charge on any atom is -0.410 e. The highest BCUT2D eigenvalue weighted by Gasteiger charge is 2.13. The highest BCUT2D eigenvalue weighted by atomic mass is 32.2. The minimum absolute atomic E-state index is 0.0504. The predicted molar refractivity (Wildman–Crippen MR) is 90.1 cm³/mol. The van der Waals surface area contributed by atoms with Crippen molar-refractivity contribution in [3.05, 3.63) is 51.9 Å². The Morgan fingerprint density at radius 2 is 2.21 bits per heavy atom. The number of nitro benzene ring substituents is 1. The fraction of sp³-hybridized carbons (Fsp3) is 0.0714. The van der Waals surface area contributed by atoms with Crippen LogP contribution >= 0.6 is 23.1 Å². The van der Waals surface area contributed by atoms with Crippen LogP contribution in [0.2, 0.25) is 0 Å². The Morgan fingerprint density at radius 3 is 2.96 bits per heavy atom. The molecule has 0 fully saturated rings.